The van der Waals surface area contributed by atoms with Gasteiger partial charge in [-0.05, 0) is 67.3 Å². The number of hydrogen-bond acceptors (Lipinski definition) is 1. The summed E-state index contributed by atoms with van der Waals surface area (Å²) in [7, 11) is 0. The van der Waals surface area contributed by atoms with E-state index in [0.717, 1.165) is 24.1 Å². The molecule has 2 aromatic carbocycles. The number of rotatable bonds is 7. The largest absolute Gasteiger partial charge is 0.454 e. The van der Waals surface area contributed by atoms with Crippen molar-refractivity contribution in [2.24, 2.45) is 5.92 Å². The fourth-order valence-electron chi connectivity index (χ4n) is 2.91. The molecule has 0 N–H and O–H groups in total. The highest BCUT2D eigenvalue weighted by Gasteiger charge is 2.32. The first kappa shape index (κ1) is 15.5. The third-order valence-corrected chi connectivity index (χ3v) is 4.75. The van der Waals surface area contributed by atoms with Crippen LogP contribution in [0.2, 0.25) is 0 Å². The third kappa shape index (κ3) is 3.89. The molecule has 0 aromatic heterocycles. The summed E-state index contributed by atoms with van der Waals surface area (Å²) in [6.45, 7) is 0. The Hall–Kier alpha value is -1.35. The molecule has 0 radical (unpaired) electrons. The molecule has 1 aliphatic carbocycles. The van der Waals surface area contributed by atoms with Crippen LogP contribution in [0, 0.1) is 11.7 Å². The van der Waals surface area contributed by atoms with Crippen LogP contribution in [0.15, 0.2) is 48.5 Å². The molecule has 116 valence electrons. The fraction of sp³-hybridized carbons (Fsp3) is 0.368. The molecule has 3 rings (SSSR count). The van der Waals surface area contributed by atoms with E-state index in [1.165, 1.54) is 24.5 Å². The monoisotopic (exact) mass is 362 g/mol. The van der Waals surface area contributed by atoms with Gasteiger partial charge in [-0.2, -0.15) is 0 Å². The van der Waals surface area contributed by atoms with E-state index < -0.39 is 0 Å². The topological polar surface area (TPSA) is 9.23 Å². The van der Waals surface area contributed by atoms with Crippen LogP contribution in [0.3, 0.4) is 0 Å². The van der Waals surface area contributed by atoms with Gasteiger partial charge in [-0.15, -0.1) is 0 Å². The average Bonchev–Trinajstić information content (AvgIpc) is 3.36. The van der Waals surface area contributed by atoms with E-state index >= 15 is 0 Å². The van der Waals surface area contributed by atoms with Crippen molar-refractivity contribution in [3.05, 3.63) is 59.9 Å². The van der Waals surface area contributed by atoms with Crippen LogP contribution in [0.4, 0.5) is 4.39 Å². The Morgan fingerprint density at radius 3 is 2.59 bits per heavy atom. The van der Waals surface area contributed by atoms with Gasteiger partial charge in [0.2, 0.25) is 0 Å². The van der Waals surface area contributed by atoms with E-state index in [-0.39, 0.29) is 5.82 Å². The fourth-order valence-corrected chi connectivity index (χ4v) is 3.24. The normalized spacial score (nSPS) is 15.5. The molecule has 1 aliphatic rings. The number of ether oxygens (including phenoxy) is 1. The molecular weight excluding hydrogens is 343 g/mol. The lowest BCUT2D eigenvalue weighted by Gasteiger charge is -2.18. The minimum Gasteiger partial charge on any atom is -0.454 e. The van der Waals surface area contributed by atoms with Crippen molar-refractivity contribution >= 4 is 15.9 Å². The van der Waals surface area contributed by atoms with Crippen molar-refractivity contribution in [1.29, 1.82) is 0 Å². The van der Waals surface area contributed by atoms with Gasteiger partial charge in [0.15, 0.2) is 11.6 Å². The minimum absolute atomic E-state index is 0.303. The quantitative estimate of drug-likeness (QED) is 0.526. The Morgan fingerprint density at radius 1 is 1.14 bits per heavy atom. The maximum Gasteiger partial charge on any atom is 0.165 e. The summed E-state index contributed by atoms with van der Waals surface area (Å²) in [5.41, 5.74) is 1.20. The van der Waals surface area contributed by atoms with E-state index in [9.17, 15) is 4.39 Å². The molecular formula is C19H20BrFO. The number of alkyl halides is 1. The third-order valence-electron chi connectivity index (χ3n) is 4.19. The molecule has 1 unspecified atom stereocenters. The molecule has 0 bridgehead atoms. The number of hydrogen-bond donors (Lipinski definition) is 0. The maximum absolute atomic E-state index is 14.1. The molecule has 1 saturated carbocycles. The number of benzene rings is 2. The van der Waals surface area contributed by atoms with Crippen LogP contribution in [0.1, 0.15) is 37.2 Å². The van der Waals surface area contributed by atoms with Gasteiger partial charge in [0, 0.05) is 5.33 Å². The van der Waals surface area contributed by atoms with Gasteiger partial charge in [0.05, 0.1) is 0 Å². The predicted octanol–water partition coefficient (Wildman–Crippen LogP) is 6.29. The second-order valence-electron chi connectivity index (χ2n) is 5.88. The van der Waals surface area contributed by atoms with Crippen molar-refractivity contribution in [2.75, 3.05) is 5.33 Å². The van der Waals surface area contributed by atoms with Crippen LogP contribution in [0.25, 0.3) is 0 Å². The smallest absolute Gasteiger partial charge is 0.165 e. The summed E-state index contributed by atoms with van der Waals surface area (Å²) in [6.07, 6.45) is 4.87. The Bertz CT molecular complexity index is 610. The Balaban J connectivity index is 1.82. The lowest BCUT2D eigenvalue weighted by atomic mass is 9.90. The number of halogens is 2. The molecule has 1 nitrogen and oxygen atoms in total. The summed E-state index contributed by atoms with van der Waals surface area (Å²) < 4.78 is 19.8. The summed E-state index contributed by atoms with van der Waals surface area (Å²) in [6, 6.07) is 14.7. The molecule has 3 heteroatoms. The lowest BCUT2D eigenvalue weighted by molar-refractivity contribution is 0.439. The van der Waals surface area contributed by atoms with Crippen molar-refractivity contribution < 1.29 is 9.13 Å². The molecule has 2 aromatic rings. The average molecular weight is 363 g/mol. The summed E-state index contributed by atoms with van der Waals surface area (Å²) in [5.74, 6) is 1.98. The molecule has 22 heavy (non-hydrogen) atoms. The van der Waals surface area contributed by atoms with Gasteiger partial charge < -0.3 is 4.74 Å². The van der Waals surface area contributed by atoms with Gasteiger partial charge in [-0.3, -0.25) is 0 Å². The molecule has 0 amide bonds. The van der Waals surface area contributed by atoms with Crippen molar-refractivity contribution in [3.8, 4) is 11.5 Å². The summed E-state index contributed by atoms with van der Waals surface area (Å²) in [4.78, 5) is 0. The van der Waals surface area contributed by atoms with E-state index in [0.29, 0.717) is 17.4 Å². The Kier molecular flexibility index (Phi) is 5.14. The highest BCUT2D eigenvalue weighted by atomic mass is 79.9. The van der Waals surface area contributed by atoms with Gasteiger partial charge in [0.25, 0.3) is 0 Å². The van der Waals surface area contributed by atoms with Crippen LogP contribution >= 0.6 is 15.9 Å². The van der Waals surface area contributed by atoms with Gasteiger partial charge in [-0.25, -0.2) is 4.39 Å². The zero-order valence-corrected chi connectivity index (χ0v) is 14.1. The second-order valence-corrected chi connectivity index (χ2v) is 6.67. The van der Waals surface area contributed by atoms with Gasteiger partial charge >= 0.3 is 0 Å². The van der Waals surface area contributed by atoms with Crippen LogP contribution in [-0.4, -0.2) is 5.33 Å². The molecule has 0 saturated heterocycles. The Labute approximate surface area is 139 Å². The Morgan fingerprint density at radius 2 is 1.91 bits per heavy atom. The van der Waals surface area contributed by atoms with E-state index in [4.69, 9.17) is 4.74 Å². The van der Waals surface area contributed by atoms with Gasteiger partial charge in [0.1, 0.15) is 5.75 Å². The summed E-state index contributed by atoms with van der Waals surface area (Å²) in [5, 5.41) is 1.02. The number of para-hydroxylation sites is 1. The lowest BCUT2D eigenvalue weighted by Crippen LogP contribution is -2.03. The molecule has 0 spiro atoms. The standard InChI is InChI=1S/C19H20BrFO/c20-12-4-7-17(14-8-9-14)15-10-11-18(21)19(13-15)22-16-5-2-1-3-6-16/h1-3,5-6,10-11,13-14,17H,4,7-9,12H2. The van der Waals surface area contributed by atoms with Crippen molar-refractivity contribution in [1.82, 2.24) is 0 Å². The molecule has 0 heterocycles. The zero-order chi connectivity index (χ0) is 15.4. The second kappa shape index (κ2) is 7.28. The first-order valence-electron chi connectivity index (χ1n) is 7.86. The van der Waals surface area contributed by atoms with E-state index in [1.54, 1.807) is 0 Å². The zero-order valence-electron chi connectivity index (χ0n) is 12.5. The van der Waals surface area contributed by atoms with Crippen LogP contribution in [0.5, 0.6) is 11.5 Å². The molecule has 1 fully saturated rings. The van der Waals surface area contributed by atoms with Crippen LogP contribution in [-0.2, 0) is 0 Å². The predicted molar refractivity (Wildman–Crippen MR) is 91.4 cm³/mol. The van der Waals surface area contributed by atoms with Crippen molar-refractivity contribution in [3.63, 3.8) is 0 Å². The first-order chi connectivity index (χ1) is 10.8. The van der Waals surface area contributed by atoms with E-state index in [2.05, 4.69) is 15.9 Å². The molecule has 0 aliphatic heterocycles. The van der Waals surface area contributed by atoms with Crippen molar-refractivity contribution in [2.45, 2.75) is 31.6 Å². The van der Waals surface area contributed by atoms with E-state index in [1.807, 2.05) is 42.5 Å². The summed E-state index contributed by atoms with van der Waals surface area (Å²) >= 11 is 3.51. The molecule has 1 atom stereocenters. The van der Waals surface area contributed by atoms with Gasteiger partial charge in [-0.1, -0.05) is 40.2 Å². The maximum atomic E-state index is 14.1. The highest BCUT2D eigenvalue weighted by Crippen LogP contribution is 2.46. The first-order valence-corrected chi connectivity index (χ1v) is 8.98. The SMILES string of the molecule is Fc1ccc(C(CCCBr)C2CC2)cc1Oc1ccccc1. The highest BCUT2D eigenvalue weighted by molar-refractivity contribution is 9.09. The minimum atomic E-state index is -0.303. The van der Waals surface area contributed by atoms with Crippen LogP contribution < -0.4 is 4.74 Å².